The zero-order chi connectivity index (χ0) is 16.5. The Morgan fingerprint density at radius 1 is 1.04 bits per heavy atom. The highest BCUT2D eigenvalue weighted by molar-refractivity contribution is 9.10. The fraction of sp³-hybridized carbons (Fsp3) is 0.333. The normalized spacial score (nSPS) is 10.1. The largest absolute Gasteiger partial charge is 0.493 e. The van der Waals surface area contributed by atoms with Gasteiger partial charge in [-0.1, -0.05) is 30.3 Å². The highest BCUT2D eigenvalue weighted by atomic mass is 79.9. The summed E-state index contributed by atoms with van der Waals surface area (Å²) in [6, 6.07) is 14.1. The van der Waals surface area contributed by atoms with E-state index in [1.165, 1.54) is 0 Å². The maximum atomic E-state index is 5.93. The average molecular weight is 417 g/mol. The lowest BCUT2D eigenvalue weighted by molar-refractivity contribution is 0.199. The fourth-order valence-electron chi connectivity index (χ4n) is 2.15. The molecule has 0 saturated heterocycles. The molecule has 2 aromatic carbocycles. The Morgan fingerprint density at radius 2 is 1.79 bits per heavy atom. The topological polar surface area (TPSA) is 39.7 Å². The molecule has 0 aliphatic carbocycles. The van der Waals surface area contributed by atoms with Gasteiger partial charge in [-0.25, -0.2) is 0 Å². The number of methoxy groups -OCH3 is 2. The van der Waals surface area contributed by atoms with Crippen molar-refractivity contribution < 1.29 is 14.2 Å². The van der Waals surface area contributed by atoms with Crippen LogP contribution < -0.4 is 14.8 Å². The van der Waals surface area contributed by atoms with Crippen LogP contribution in [-0.2, 0) is 17.9 Å². The molecule has 0 amide bonds. The molecule has 0 aliphatic rings. The van der Waals surface area contributed by atoms with E-state index in [2.05, 4.69) is 21.2 Å². The summed E-state index contributed by atoms with van der Waals surface area (Å²) >= 11 is 3.58. The monoisotopic (exact) mass is 415 g/mol. The predicted octanol–water partition coefficient (Wildman–Crippen LogP) is 4.19. The summed E-state index contributed by atoms with van der Waals surface area (Å²) in [5.41, 5.74) is 2.24. The molecule has 0 atom stereocenters. The first-order chi connectivity index (χ1) is 11.2. The molecule has 0 spiro atoms. The highest BCUT2D eigenvalue weighted by Gasteiger charge is 2.12. The van der Waals surface area contributed by atoms with Crippen molar-refractivity contribution in [1.29, 1.82) is 0 Å². The van der Waals surface area contributed by atoms with Gasteiger partial charge in [-0.05, 0) is 39.2 Å². The molecule has 0 saturated carbocycles. The lowest BCUT2D eigenvalue weighted by Gasteiger charge is -2.15. The van der Waals surface area contributed by atoms with Crippen molar-refractivity contribution in [2.75, 3.05) is 27.4 Å². The molecule has 0 unspecified atom stereocenters. The quantitative estimate of drug-likeness (QED) is 0.622. The second-order valence-corrected chi connectivity index (χ2v) is 5.91. The number of hydrogen-bond donors (Lipinski definition) is 1. The first-order valence-corrected chi connectivity index (χ1v) is 8.26. The van der Waals surface area contributed by atoms with E-state index in [1.54, 1.807) is 14.2 Å². The number of nitrogens with one attached hydrogen (secondary N) is 1. The van der Waals surface area contributed by atoms with Crippen LogP contribution in [-0.4, -0.2) is 27.4 Å². The van der Waals surface area contributed by atoms with Crippen LogP contribution in [0.15, 0.2) is 46.9 Å². The van der Waals surface area contributed by atoms with Gasteiger partial charge in [-0.2, -0.15) is 0 Å². The first kappa shape index (κ1) is 20.8. The van der Waals surface area contributed by atoms with Gasteiger partial charge in [0.05, 0.1) is 18.2 Å². The van der Waals surface area contributed by atoms with E-state index in [9.17, 15) is 0 Å². The fourth-order valence-corrected chi connectivity index (χ4v) is 2.76. The van der Waals surface area contributed by atoms with E-state index in [-0.39, 0.29) is 12.4 Å². The Bertz CT molecular complexity index is 611. The van der Waals surface area contributed by atoms with Gasteiger partial charge in [0.15, 0.2) is 11.5 Å². The molecule has 24 heavy (non-hydrogen) atoms. The summed E-state index contributed by atoms with van der Waals surface area (Å²) in [5, 5.41) is 3.32. The third kappa shape index (κ3) is 6.32. The van der Waals surface area contributed by atoms with Crippen LogP contribution >= 0.6 is 28.3 Å². The van der Waals surface area contributed by atoms with Crippen molar-refractivity contribution in [3.8, 4) is 11.5 Å². The van der Waals surface area contributed by atoms with E-state index in [1.807, 2.05) is 42.5 Å². The van der Waals surface area contributed by atoms with Gasteiger partial charge >= 0.3 is 0 Å². The SMILES string of the molecule is COCCNCc1cc(Br)c(OCc2ccccc2)c(OC)c1.Cl. The standard InChI is InChI=1S/C18H22BrNO3.ClH/c1-21-9-8-20-12-15-10-16(19)18(17(11-15)22-2)23-13-14-6-4-3-5-7-14;/h3-7,10-11,20H,8-9,12-13H2,1-2H3;1H. The third-order valence-corrected chi connectivity index (χ3v) is 3.92. The molecule has 0 radical (unpaired) electrons. The van der Waals surface area contributed by atoms with E-state index in [0.717, 1.165) is 40.2 Å². The second kappa shape index (κ2) is 11.3. The smallest absolute Gasteiger partial charge is 0.175 e. The maximum Gasteiger partial charge on any atom is 0.175 e. The highest BCUT2D eigenvalue weighted by Crippen LogP contribution is 2.37. The molecule has 2 rings (SSSR count). The predicted molar refractivity (Wildman–Crippen MR) is 102 cm³/mol. The van der Waals surface area contributed by atoms with Crippen molar-refractivity contribution in [2.45, 2.75) is 13.2 Å². The molecule has 2 aromatic rings. The van der Waals surface area contributed by atoms with Crippen molar-refractivity contribution >= 4 is 28.3 Å². The number of benzene rings is 2. The van der Waals surface area contributed by atoms with Crippen LogP contribution in [0.2, 0.25) is 0 Å². The number of hydrogen-bond acceptors (Lipinski definition) is 4. The van der Waals surface area contributed by atoms with Gasteiger partial charge in [0, 0.05) is 20.2 Å². The summed E-state index contributed by atoms with van der Waals surface area (Å²) in [4.78, 5) is 0. The van der Waals surface area contributed by atoms with Gasteiger partial charge < -0.3 is 19.5 Å². The van der Waals surface area contributed by atoms with Crippen molar-refractivity contribution in [3.63, 3.8) is 0 Å². The third-order valence-electron chi connectivity index (χ3n) is 3.33. The zero-order valence-corrected chi connectivity index (χ0v) is 16.3. The Hall–Kier alpha value is -1.27. The number of rotatable bonds is 9. The van der Waals surface area contributed by atoms with E-state index < -0.39 is 0 Å². The van der Waals surface area contributed by atoms with Crippen molar-refractivity contribution in [2.24, 2.45) is 0 Å². The minimum absolute atomic E-state index is 0. The molecule has 0 fully saturated rings. The molecular weight excluding hydrogens is 394 g/mol. The first-order valence-electron chi connectivity index (χ1n) is 7.47. The Morgan fingerprint density at radius 3 is 2.46 bits per heavy atom. The lowest BCUT2D eigenvalue weighted by atomic mass is 10.2. The van der Waals surface area contributed by atoms with Gasteiger partial charge in [0.25, 0.3) is 0 Å². The Kier molecular flexibility index (Phi) is 9.79. The van der Waals surface area contributed by atoms with Crippen LogP contribution in [0.1, 0.15) is 11.1 Å². The summed E-state index contributed by atoms with van der Waals surface area (Å²) in [6.45, 7) is 2.75. The van der Waals surface area contributed by atoms with Gasteiger partial charge in [-0.3, -0.25) is 0 Å². The van der Waals surface area contributed by atoms with Gasteiger partial charge in [0.1, 0.15) is 6.61 Å². The van der Waals surface area contributed by atoms with Crippen molar-refractivity contribution in [1.82, 2.24) is 5.32 Å². The van der Waals surface area contributed by atoms with Crippen LogP contribution in [0.25, 0.3) is 0 Å². The van der Waals surface area contributed by atoms with E-state index in [4.69, 9.17) is 14.2 Å². The molecule has 1 N–H and O–H groups in total. The zero-order valence-electron chi connectivity index (χ0n) is 13.9. The Labute approximate surface area is 158 Å². The van der Waals surface area contributed by atoms with E-state index in [0.29, 0.717) is 13.2 Å². The molecule has 0 bridgehead atoms. The van der Waals surface area contributed by atoms with Gasteiger partial charge in [-0.15, -0.1) is 12.4 Å². The summed E-state index contributed by atoms with van der Waals surface area (Å²) in [6.07, 6.45) is 0. The number of halogens is 2. The summed E-state index contributed by atoms with van der Waals surface area (Å²) < 4.78 is 17.3. The molecule has 132 valence electrons. The van der Waals surface area contributed by atoms with Crippen LogP contribution in [0, 0.1) is 0 Å². The molecule has 6 heteroatoms. The minimum atomic E-state index is 0. The maximum absolute atomic E-state index is 5.93. The van der Waals surface area contributed by atoms with Gasteiger partial charge in [0.2, 0.25) is 0 Å². The number of ether oxygens (including phenoxy) is 3. The lowest BCUT2D eigenvalue weighted by Crippen LogP contribution is -2.18. The minimum Gasteiger partial charge on any atom is -0.493 e. The molecule has 0 aromatic heterocycles. The van der Waals surface area contributed by atoms with Crippen LogP contribution in [0.3, 0.4) is 0 Å². The molecule has 4 nitrogen and oxygen atoms in total. The molecule has 0 aliphatic heterocycles. The average Bonchev–Trinajstić information content (AvgIpc) is 2.58. The molecule has 0 heterocycles. The van der Waals surface area contributed by atoms with Crippen LogP contribution in [0.4, 0.5) is 0 Å². The summed E-state index contributed by atoms with van der Waals surface area (Å²) in [5.74, 6) is 1.44. The second-order valence-electron chi connectivity index (χ2n) is 5.05. The molecular formula is C18H23BrClNO3. The Balaban J connectivity index is 0.00000288. The van der Waals surface area contributed by atoms with E-state index >= 15 is 0 Å². The van der Waals surface area contributed by atoms with Crippen LogP contribution in [0.5, 0.6) is 11.5 Å². The summed E-state index contributed by atoms with van der Waals surface area (Å²) in [7, 11) is 3.35. The van der Waals surface area contributed by atoms with Crippen molar-refractivity contribution in [3.05, 3.63) is 58.1 Å².